The number of carboxylic acid groups (broad SMARTS) is 1. The molecule has 0 aliphatic heterocycles. The summed E-state index contributed by atoms with van der Waals surface area (Å²) in [6.45, 7) is 7.17. The van der Waals surface area contributed by atoms with Crippen LogP contribution in [-0.2, 0) is 11.2 Å². The Hall–Kier alpha value is -4.37. The van der Waals surface area contributed by atoms with Gasteiger partial charge in [-0.25, -0.2) is 9.97 Å². The number of nitrogens with zero attached hydrogens (tertiary/aromatic N) is 3. The molecule has 0 fully saturated rings. The zero-order chi connectivity index (χ0) is 31.6. The first-order valence-electron chi connectivity index (χ1n) is 14.1. The molecule has 0 amide bonds. The molecule has 6 rings (SSSR count). The highest BCUT2D eigenvalue weighted by molar-refractivity contribution is 7.22. The van der Waals surface area contributed by atoms with Gasteiger partial charge >= 0.3 is 5.97 Å². The molecule has 0 aliphatic carbocycles. The van der Waals surface area contributed by atoms with Crippen LogP contribution in [0.2, 0.25) is 5.02 Å². The quantitative estimate of drug-likeness (QED) is 0.170. The van der Waals surface area contributed by atoms with Crippen LogP contribution in [0.15, 0.2) is 79.0 Å². The Morgan fingerprint density at radius 1 is 0.909 bits per heavy atom. The molecule has 0 unspecified atom stereocenters. The number of fused-ring (bicyclic) bond motifs is 2. The van der Waals surface area contributed by atoms with Gasteiger partial charge in [-0.3, -0.25) is 9.78 Å². The second-order valence-electron chi connectivity index (χ2n) is 11.4. The average Bonchev–Trinajstić information content (AvgIpc) is 3.40. The first-order chi connectivity index (χ1) is 20.9. The fourth-order valence-electron chi connectivity index (χ4n) is 4.81. The Labute approximate surface area is 265 Å². The van der Waals surface area contributed by atoms with Crippen LogP contribution in [0.1, 0.15) is 31.9 Å². The van der Waals surface area contributed by atoms with E-state index >= 15 is 0 Å². The molecule has 6 aromatic rings. The molecule has 0 saturated carbocycles. The molecule has 0 atom stereocenters. The van der Waals surface area contributed by atoms with Crippen molar-refractivity contribution in [2.75, 3.05) is 12.4 Å². The van der Waals surface area contributed by atoms with E-state index in [9.17, 15) is 9.90 Å². The number of aliphatic hydroxyl groups is 1. The number of anilines is 1. The third-order valence-corrected chi connectivity index (χ3v) is 8.11. The maximum absolute atomic E-state index is 11.8. The van der Waals surface area contributed by atoms with Crippen LogP contribution in [-0.4, -0.2) is 43.8 Å². The molecule has 3 aromatic heterocycles. The minimum atomic E-state index is -0.871. The number of carbonyl (C=O) groups is 1. The van der Waals surface area contributed by atoms with E-state index in [1.807, 2.05) is 80.7 Å². The van der Waals surface area contributed by atoms with Crippen LogP contribution < -0.4 is 5.32 Å². The van der Waals surface area contributed by atoms with Gasteiger partial charge in [0.15, 0.2) is 0 Å². The van der Waals surface area contributed by atoms with Crippen molar-refractivity contribution in [2.24, 2.45) is 0 Å². The van der Waals surface area contributed by atoms with Crippen molar-refractivity contribution in [2.45, 2.75) is 39.7 Å². The number of aromatic nitrogens is 3. The number of aryl methyl sites for hydroxylation is 1. The molecule has 0 radical (unpaired) electrons. The van der Waals surface area contributed by atoms with Gasteiger partial charge in [-0.2, -0.15) is 0 Å². The van der Waals surface area contributed by atoms with E-state index in [0.29, 0.717) is 5.02 Å². The molecule has 0 aliphatic rings. The van der Waals surface area contributed by atoms with Gasteiger partial charge in [0.1, 0.15) is 10.8 Å². The summed E-state index contributed by atoms with van der Waals surface area (Å²) in [7, 11) is 1.85. The third-order valence-electron chi connectivity index (χ3n) is 6.72. The van der Waals surface area contributed by atoms with Gasteiger partial charge in [0.05, 0.1) is 33.4 Å². The normalized spacial score (nSPS) is 11.3. The lowest BCUT2D eigenvalue weighted by Crippen LogP contribution is -2.10. The number of nitrogens with one attached hydrogen (secondary N) is 1. The molecule has 0 spiro atoms. The predicted octanol–water partition coefficient (Wildman–Crippen LogP) is 8.65. The molecule has 3 N–H and O–H groups in total. The van der Waals surface area contributed by atoms with E-state index < -0.39 is 11.6 Å². The van der Waals surface area contributed by atoms with Gasteiger partial charge in [0, 0.05) is 40.3 Å². The SMILES string of the molecule is CC(C)(C)O.CNc1ccc2cc(-c3cc(-c4nc5cc(C)c(CC(=O)O)c(-c6ccc(Cl)cc6)c5s4)ccn3)ccc2n1. The lowest BCUT2D eigenvalue weighted by Gasteiger charge is -2.13. The molecular weight excluding hydrogens is 592 g/mol. The molecular formula is C35H33ClN4O3S. The fraction of sp³-hybridized carbons (Fsp3) is 0.200. The highest BCUT2D eigenvalue weighted by atomic mass is 35.5. The maximum Gasteiger partial charge on any atom is 0.307 e. The van der Waals surface area contributed by atoms with Crippen molar-refractivity contribution in [3.63, 3.8) is 0 Å². The second-order valence-corrected chi connectivity index (χ2v) is 12.9. The van der Waals surface area contributed by atoms with Crippen molar-refractivity contribution in [1.29, 1.82) is 0 Å². The number of thiazole rings is 1. The van der Waals surface area contributed by atoms with Gasteiger partial charge < -0.3 is 15.5 Å². The Morgan fingerprint density at radius 2 is 1.61 bits per heavy atom. The monoisotopic (exact) mass is 624 g/mol. The second kappa shape index (κ2) is 12.7. The maximum atomic E-state index is 11.8. The number of hydrogen-bond acceptors (Lipinski definition) is 7. The van der Waals surface area contributed by atoms with Crippen molar-refractivity contribution >= 4 is 55.8 Å². The largest absolute Gasteiger partial charge is 0.481 e. The van der Waals surface area contributed by atoms with E-state index in [4.69, 9.17) is 21.7 Å². The van der Waals surface area contributed by atoms with E-state index in [1.165, 1.54) is 0 Å². The Kier molecular flexibility index (Phi) is 8.97. The Morgan fingerprint density at radius 3 is 2.30 bits per heavy atom. The number of rotatable bonds is 6. The van der Waals surface area contributed by atoms with Crippen molar-refractivity contribution in [1.82, 2.24) is 15.0 Å². The van der Waals surface area contributed by atoms with Crippen molar-refractivity contribution in [3.05, 3.63) is 95.1 Å². The van der Waals surface area contributed by atoms with E-state index in [1.54, 1.807) is 38.3 Å². The van der Waals surface area contributed by atoms with Crippen LogP contribution in [0.5, 0.6) is 0 Å². The van der Waals surface area contributed by atoms with Gasteiger partial charge in [0.25, 0.3) is 0 Å². The van der Waals surface area contributed by atoms with Crippen LogP contribution in [0.3, 0.4) is 0 Å². The molecule has 3 heterocycles. The topological polar surface area (TPSA) is 108 Å². The summed E-state index contributed by atoms with van der Waals surface area (Å²) in [5.74, 6) is -0.0464. The summed E-state index contributed by atoms with van der Waals surface area (Å²) in [4.78, 5) is 26.0. The average molecular weight is 625 g/mol. The summed E-state index contributed by atoms with van der Waals surface area (Å²) in [6.07, 6.45) is 1.73. The molecule has 224 valence electrons. The highest BCUT2D eigenvalue weighted by Crippen LogP contribution is 2.41. The molecule has 44 heavy (non-hydrogen) atoms. The molecule has 0 bridgehead atoms. The lowest BCUT2D eigenvalue weighted by molar-refractivity contribution is -0.136. The summed E-state index contributed by atoms with van der Waals surface area (Å²) >= 11 is 7.71. The van der Waals surface area contributed by atoms with E-state index in [0.717, 1.165) is 71.0 Å². The first-order valence-corrected chi connectivity index (χ1v) is 15.3. The van der Waals surface area contributed by atoms with Crippen LogP contribution in [0.25, 0.3) is 54.1 Å². The number of benzene rings is 3. The number of hydrogen-bond donors (Lipinski definition) is 3. The smallest absolute Gasteiger partial charge is 0.307 e. The van der Waals surface area contributed by atoms with Crippen molar-refractivity contribution < 1.29 is 15.0 Å². The van der Waals surface area contributed by atoms with E-state index in [2.05, 4.69) is 21.4 Å². The first kappa shape index (κ1) is 31.1. The third kappa shape index (κ3) is 7.22. The predicted molar refractivity (Wildman–Crippen MR) is 182 cm³/mol. The highest BCUT2D eigenvalue weighted by Gasteiger charge is 2.20. The number of aliphatic carboxylic acids is 1. The van der Waals surface area contributed by atoms with Gasteiger partial charge in [-0.1, -0.05) is 29.8 Å². The van der Waals surface area contributed by atoms with Gasteiger partial charge in [-0.05, 0) is 99.0 Å². The molecule has 3 aromatic carbocycles. The minimum absolute atomic E-state index is 0.0704. The summed E-state index contributed by atoms with van der Waals surface area (Å²) in [5, 5.41) is 23.7. The zero-order valence-corrected chi connectivity index (χ0v) is 26.7. The van der Waals surface area contributed by atoms with Gasteiger partial charge in [-0.15, -0.1) is 11.3 Å². The molecule has 9 heteroatoms. The fourth-order valence-corrected chi connectivity index (χ4v) is 6.07. The summed E-state index contributed by atoms with van der Waals surface area (Å²) in [5.41, 5.74) is 7.52. The zero-order valence-electron chi connectivity index (χ0n) is 25.1. The number of carboxylic acids is 1. The standard InChI is InChI=1S/C31H23ClN4O2S.C4H10O/c1-17-13-26-30(29(23(17)16-28(37)38)18-3-7-22(32)8-4-18)39-31(36-26)21-11-12-34-25(15-21)20-5-9-24-19(14-20)6-10-27(33-2)35-24;1-4(2,3)5/h3-15H,16H2,1-2H3,(H,33,35)(H,37,38);5H,1-3H3. The van der Waals surface area contributed by atoms with E-state index in [-0.39, 0.29) is 6.42 Å². The van der Waals surface area contributed by atoms with Gasteiger partial charge in [0.2, 0.25) is 0 Å². The Bertz CT molecular complexity index is 1980. The number of halogens is 1. The van der Waals surface area contributed by atoms with Crippen LogP contribution >= 0.6 is 22.9 Å². The summed E-state index contributed by atoms with van der Waals surface area (Å²) in [6, 6.07) is 23.6. The van der Waals surface area contributed by atoms with Crippen LogP contribution in [0.4, 0.5) is 5.82 Å². The minimum Gasteiger partial charge on any atom is -0.481 e. The molecule has 0 saturated heterocycles. The number of pyridine rings is 2. The van der Waals surface area contributed by atoms with Crippen molar-refractivity contribution in [3.8, 4) is 33.0 Å². The molecule has 7 nitrogen and oxygen atoms in total. The van der Waals surface area contributed by atoms with Crippen LogP contribution in [0, 0.1) is 6.92 Å². The lowest BCUT2D eigenvalue weighted by atomic mass is 9.93. The summed E-state index contributed by atoms with van der Waals surface area (Å²) < 4.78 is 0.949. The Balaban J connectivity index is 0.000000712.